The first kappa shape index (κ1) is 21.3. The van der Waals surface area contributed by atoms with E-state index in [1.54, 1.807) is 7.11 Å². The van der Waals surface area contributed by atoms with E-state index in [4.69, 9.17) is 4.74 Å². The molecule has 6 heteroatoms. The van der Waals surface area contributed by atoms with Gasteiger partial charge >= 0.3 is 0 Å². The third kappa shape index (κ3) is 3.69. The maximum atomic E-state index is 13.5. The molecule has 1 aliphatic carbocycles. The van der Waals surface area contributed by atoms with E-state index in [1.807, 2.05) is 38.4 Å². The number of fused-ring (bicyclic) bond motifs is 1. The van der Waals surface area contributed by atoms with Crippen LogP contribution in [0.4, 0.5) is 11.5 Å². The van der Waals surface area contributed by atoms with Gasteiger partial charge in [0.25, 0.3) is 0 Å². The quantitative estimate of drug-likeness (QED) is 0.570. The van der Waals surface area contributed by atoms with Crippen molar-refractivity contribution >= 4 is 17.3 Å². The highest BCUT2D eigenvalue weighted by Crippen LogP contribution is 2.51. The summed E-state index contributed by atoms with van der Waals surface area (Å²) in [6, 6.07) is 16.4. The number of aromatic nitrogens is 2. The number of ether oxygens (including phenoxy) is 1. The van der Waals surface area contributed by atoms with E-state index in [1.165, 1.54) is 0 Å². The number of hydrogen-bond donors (Lipinski definition) is 2. The van der Waals surface area contributed by atoms with Crippen molar-refractivity contribution < 1.29 is 9.53 Å². The molecule has 2 aromatic carbocycles. The zero-order valence-electron chi connectivity index (χ0n) is 19.8. The van der Waals surface area contributed by atoms with Crippen LogP contribution in [-0.4, -0.2) is 37.2 Å². The van der Waals surface area contributed by atoms with Crippen LogP contribution in [-0.2, 0) is 4.79 Å². The zero-order chi connectivity index (χ0) is 23.3. The van der Waals surface area contributed by atoms with Gasteiger partial charge in [0, 0.05) is 54.5 Å². The Morgan fingerprint density at radius 3 is 2.36 bits per heavy atom. The van der Waals surface area contributed by atoms with E-state index in [0.717, 1.165) is 57.3 Å². The number of aromatic amines is 1. The lowest BCUT2D eigenvalue weighted by molar-refractivity contribution is -0.118. The lowest BCUT2D eigenvalue weighted by Crippen LogP contribution is -2.33. The predicted octanol–water partition coefficient (Wildman–Crippen LogP) is 5.35. The van der Waals surface area contributed by atoms with Gasteiger partial charge in [0.15, 0.2) is 11.6 Å². The van der Waals surface area contributed by atoms with Crippen molar-refractivity contribution in [1.82, 2.24) is 10.2 Å². The fourth-order valence-electron chi connectivity index (χ4n) is 5.07. The Hall–Kier alpha value is -3.54. The largest absolute Gasteiger partial charge is 0.497 e. The van der Waals surface area contributed by atoms with E-state index >= 15 is 0 Å². The molecule has 1 aliphatic heterocycles. The van der Waals surface area contributed by atoms with Gasteiger partial charge in [-0.2, -0.15) is 5.10 Å². The highest BCUT2D eigenvalue weighted by molar-refractivity contribution is 6.02. The maximum absolute atomic E-state index is 13.5. The number of nitrogens with one attached hydrogen (secondary N) is 2. The van der Waals surface area contributed by atoms with Crippen LogP contribution in [0.1, 0.15) is 43.7 Å². The van der Waals surface area contributed by atoms with Crippen LogP contribution in [0.3, 0.4) is 0 Å². The van der Waals surface area contributed by atoms with Crippen LogP contribution in [0.2, 0.25) is 0 Å². The molecule has 33 heavy (non-hydrogen) atoms. The van der Waals surface area contributed by atoms with Crippen molar-refractivity contribution in [3.8, 4) is 17.0 Å². The van der Waals surface area contributed by atoms with Crippen molar-refractivity contribution in [2.24, 2.45) is 5.41 Å². The van der Waals surface area contributed by atoms with Gasteiger partial charge in [-0.1, -0.05) is 26.0 Å². The Balaban J connectivity index is 1.69. The molecular formula is C27H30N4O2. The SMILES string of the molecule is COc1ccc(-c2[nH]nc3c2[C@H](c2ccc(N(C)C)cc2)C2=C(CC(C)(C)CC2=O)N3)cc1. The third-order valence-electron chi connectivity index (χ3n) is 6.69. The monoisotopic (exact) mass is 442 g/mol. The van der Waals surface area contributed by atoms with E-state index in [2.05, 4.69) is 58.5 Å². The number of carbonyl (C=O) groups is 1. The molecule has 0 bridgehead atoms. The van der Waals surface area contributed by atoms with Gasteiger partial charge < -0.3 is 15.0 Å². The Morgan fingerprint density at radius 2 is 1.73 bits per heavy atom. The molecule has 170 valence electrons. The molecule has 2 heterocycles. The van der Waals surface area contributed by atoms with E-state index in [9.17, 15) is 4.79 Å². The minimum absolute atomic E-state index is 0.0745. The van der Waals surface area contributed by atoms with Crippen LogP contribution in [0.15, 0.2) is 59.8 Å². The van der Waals surface area contributed by atoms with Crippen LogP contribution in [0, 0.1) is 5.41 Å². The number of allylic oxidation sites excluding steroid dienone is 2. The molecule has 0 spiro atoms. The number of anilines is 2. The van der Waals surface area contributed by atoms with Gasteiger partial charge in [-0.25, -0.2) is 0 Å². The molecule has 0 unspecified atom stereocenters. The van der Waals surface area contributed by atoms with Crippen LogP contribution in [0.5, 0.6) is 5.75 Å². The second-order valence-corrected chi connectivity index (χ2v) is 9.97. The first-order chi connectivity index (χ1) is 15.8. The topological polar surface area (TPSA) is 70.2 Å². The molecule has 0 radical (unpaired) electrons. The lowest BCUT2D eigenvalue weighted by atomic mass is 9.69. The number of rotatable bonds is 4. The Kier molecular flexibility index (Phi) is 5.04. The van der Waals surface area contributed by atoms with Gasteiger partial charge in [-0.05, 0) is 53.8 Å². The summed E-state index contributed by atoms with van der Waals surface area (Å²) < 4.78 is 5.33. The molecule has 6 nitrogen and oxygen atoms in total. The van der Waals surface area contributed by atoms with Gasteiger partial charge in [0.05, 0.1) is 12.8 Å². The summed E-state index contributed by atoms with van der Waals surface area (Å²) in [6.07, 6.45) is 1.37. The Labute approximate surface area is 194 Å². The van der Waals surface area contributed by atoms with E-state index < -0.39 is 0 Å². The molecule has 0 saturated carbocycles. The average Bonchev–Trinajstić information content (AvgIpc) is 3.20. The highest BCUT2D eigenvalue weighted by atomic mass is 16.5. The normalized spacial score (nSPS) is 18.9. The number of hydrogen-bond acceptors (Lipinski definition) is 5. The van der Waals surface area contributed by atoms with Crippen LogP contribution >= 0.6 is 0 Å². The molecule has 1 atom stereocenters. The van der Waals surface area contributed by atoms with Crippen molar-refractivity contribution in [1.29, 1.82) is 0 Å². The number of nitrogens with zero attached hydrogens (tertiary/aromatic N) is 2. The van der Waals surface area contributed by atoms with Gasteiger partial charge in [0.2, 0.25) is 0 Å². The predicted molar refractivity (Wildman–Crippen MR) is 132 cm³/mol. The second-order valence-electron chi connectivity index (χ2n) is 9.97. The summed E-state index contributed by atoms with van der Waals surface area (Å²) >= 11 is 0. The zero-order valence-corrected chi connectivity index (χ0v) is 19.8. The fourth-order valence-corrected chi connectivity index (χ4v) is 5.07. The van der Waals surface area contributed by atoms with E-state index in [0.29, 0.717) is 6.42 Å². The molecule has 3 aromatic rings. The van der Waals surface area contributed by atoms with Gasteiger partial charge in [-0.3, -0.25) is 9.89 Å². The van der Waals surface area contributed by atoms with Gasteiger partial charge in [0.1, 0.15) is 5.75 Å². The number of benzene rings is 2. The number of carbonyl (C=O) groups excluding carboxylic acids is 1. The number of methoxy groups -OCH3 is 1. The van der Waals surface area contributed by atoms with Crippen LogP contribution < -0.4 is 15.0 Å². The maximum Gasteiger partial charge on any atom is 0.162 e. The van der Waals surface area contributed by atoms with E-state index in [-0.39, 0.29) is 17.1 Å². The Morgan fingerprint density at radius 1 is 1.03 bits per heavy atom. The number of Topliss-reactive ketones (excluding diaryl/α,β-unsaturated/α-hetero) is 1. The first-order valence-corrected chi connectivity index (χ1v) is 11.3. The van der Waals surface area contributed by atoms with Crippen molar-refractivity contribution in [2.45, 2.75) is 32.6 Å². The number of H-pyrrole nitrogens is 1. The first-order valence-electron chi connectivity index (χ1n) is 11.3. The minimum Gasteiger partial charge on any atom is -0.497 e. The summed E-state index contributed by atoms with van der Waals surface area (Å²) in [5, 5.41) is 11.4. The highest BCUT2D eigenvalue weighted by Gasteiger charge is 2.42. The van der Waals surface area contributed by atoms with Gasteiger partial charge in [-0.15, -0.1) is 0 Å². The molecule has 2 aliphatic rings. The molecule has 0 saturated heterocycles. The molecule has 2 N–H and O–H groups in total. The number of ketones is 1. The lowest BCUT2D eigenvalue weighted by Gasteiger charge is -2.38. The molecule has 0 fully saturated rings. The van der Waals surface area contributed by atoms with Crippen molar-refractivity contribution in [3.05, 3.63) is 70.9 Å². The Bertz CT molecular complexity index is 1230. The van der Waals surface area contributed by atoms with Crippen LogP contribution in [0.25, 0.3) is 11.3 Å². The molecule has 0 amide bonds. The summed E-state index contributed by atoms with van der Waals surface area (Å²) in [6.45, 7) is 4.31. The standard InChI is InChI=1S/C27H30N4O2/c1-27(2)14-20-23(21(32)15-27)22(16-6-10-18(11-7-16)31(3)4)24-25(29-30-26(24)28-20)17-8-12-19(33-5)13-9-17/h6-13,22H,14-15H2,1-5H3,(H2,28,29,30)/t22-/m1/s1. The van der Waals surface area contributed by atoms with Crippen molar-refractivity contribution in [3.63, 3.8) is 0 Å². The minimum atomic E-state index is -0.174. The summed E-state index contributed by atoms with van der Waals surface area (Å²) in [5.74, 6) is 1.64. The molecule has 5 rings (SSSR count). The third-order valence-corrected chi connectivity index (χ3v) is 6.69. The summed E-state index contributed by atoms with van der Waals surface area (Å²) in [4.78, 5) is 15.6. The second kappa shape index (κ2) is 7.80. The van der Waals surface area contributed by atoms with Crippen molar-refractivity contribution in [2.75, 3.05) is 31.4 Å². The molecule has 1 aromatic heterocycles. The summed E-state index contributed by atoms with van der Waals surface area (Å²) in [5.41, 5.74) is 6.97. The smallest absolute Gasteiger partial charge is 0.162 e. The molecular weight excluding hydrogens is 412 g/mol. The average molecular weight is 443 g/mol. The summed E-state index contributed by atoms with van der Waals surface area (Å²) in [7, 11) is 5.72. The fraction of sp³-hybridized carbons (Fsp3) is 0.333.